The Morgan fingerprint density at radius 3 is 1.92 bits per heavy atom. The summed E-state index contributed by atoms with van der Waals surface area (Å²) in [4.78, 5) is 35.3. The summed E-state index contributed by atoms with van der Waals surface area (Å²) in [6, 6.07) is 0. The van der Waals surface area contributed by atoms with Gasteiger partial charge in [-0.25, -0.2) is 4.79 Å². The molecule has 0 aromatic heterocycles. The van der Waals surface area contributed by atoms with E-state index in [1.54, 1.807) is 0 Å². The van der Waals surface area contributed by atoms with Crippen LogP contribution >= 0.6 is 0 Å². The summed E-state index contributed by atoms with van der Waals surface area (Å²) in [7, 11) is 1.17. The Hall–Kier alpha value is -1.91. The van der Waals surface area contributed by atoms with Crippen molar-refractivity contribution in [2.24, 2.45) is 0 Å². The van der Waals surface area contributed by atoms with Crippen LogP contribution in [0.1, 0.15) is 71.1 Å². The number of carbonyl (C=O) groups excluding carboxylic acids is 3. The van der Waals surface area contributed by atoms with Gasteiger partial charge in [0.1, 0.15) is 0 Å². The topological polar surface area (TPSA) is 69.7 Å². The lowest BCUT2D eigenvalue weighted by molar-refractivity contribution is -0.138. The van der Waals surface area contributed by atoms with E-state index < -0.39 is 17.5 Å². The predicted molar refractivity (Wildman–Crippen MR) is 96.0 cm³/mol. The van der Waals surface area contributed by atoms with Crippen LogP contribution in [0.15, 0.2) is 23.5 Å². The van der Waals surface area contributed by atoms with Crippen molar-refractivity contribution in [3.63, 3.8) is 0 Å². The second-order valence-corrected chi connectivity index (χ2v) is 6.29. The lowest BCUT2D eigenvalue weighted by Crippen LogP contribution is -2.23. The van der Waals surface area contributed by atoms with Crippen LogP contribution in [0, 0.1) is 0 Å². The minimum Gasteiger partial charge on any atom is -0.488 e. The molecule has 0 saturated carbocycles. The second kappa shape index (κ2) is 12.5. The van der Waals surface area contributed by atoms with Gasteiger partial charge in [0.2, 0.25) is 5.78 Å². The zero-order chi connectivity index (χ0) is 18.5. The Balaban J connectivity index is 2.24. The lowest BCUT2D eigenvalue weighted by atomic mass is 10.0. The number of ether oxygens (including phenoxy) is 2. The van der Waals surface area contributed by atoms with Crippen LogP contribution in [0.3, 0.4) is 0 Å². The van der Waals surface area contributed by atoms with Gasteiger partial charge in [0.25, 0.3) is 0 Å². The Labute approximate surface area is 150 Å². The molecule has 0 saturated heterocycles. The van der Waals surface area contributed by atoms with E-state index in [0.717, 1.165) is 31.4 Å². The van der Waals surface area contributed by atoms with Crippen LogP contribution in [0.5, 0.6) is 0 Å². The van der Waals surface area contributed by atoms with Crippen molar-refractivity contribution in [3.05, 3.63) is 23.5 Å². The van der Waals surface area contributed by atoms with Gasteiger partial charge in [0, 0.05) is 0 Å². The molecule has 0 fully saturated rings. The molecule has 5 heteroatoms. The normalized spacial score (nSPS) is 14.2. The molecule has 0 heterocycles. The first-order valence-electron chi connectivity index (χ1n) is 9.34. The number of methoxy groups -OCH3 is 1. The SMILES string of the molecule is CCCCCCCCCCCCOC1=C(C(=O)OC)C(=O)C=CC1=O. The van der Waals surface area contributed by atoms with Gasteiger partial charge in [0.05, 0.1) is 13.7 Å². The average Bonchev–Trinajstić information content (AvgIpc) is 2.61. The van der Waals surface area contributed by atoms with Crippen LogP contribution in [0.25, 0.3) is 0 Å². The highest BCUT2D eigenvalue weighted by atomic mass is 16.5. The third-order valence-corrected chi connectivity index (χ3v) is 4.22. The monoisotopic (exact) mass is 350 g/mol. The minimum absolute atomic E-state index is 0.185. The van der Waals surface area contributed by atoms with Crippen LogP contribution in [0.2, 0.25) is 0 Å². The summed E-state index contributed by atoms with van der Waals surface area (Å²) in [5, 5.41) is 0. The van der Waals surface area contributed by atoms with Crippen LogP contribution < -0.4 is 0 Å². The maximum absolute atomic E-state index is 11.9. The Morgan fingerprint density at radius 1 is 0.840 bits per heavy atom. The molecule has 140 valence electrons. The highest BCUT2D eigenvalue weighted by Gasteiger charge is 2.30. The number of ketones is 2. The molecule has 25 heavy (non-hydrogen) atoms. The van der Waals surface area contributed by atoms with E-state index in [9.17, 15) is 14.4 Å². The fourth-order valence-electron chi connectivity index (χ4n) is 2.75. The van der Waals surface area contributed by atoms with Crippen molar-refractivity contribution in [2.45, 2.75) is 71.1 Å². The molecule has 1 aliphatic carbocycles. The average molecular weight is 350 g/mol. The van der Waals surface area contributed by atoms with Gasteiger partial charge in [-0.1, -0.05) is 64.7 Å². The molecule has 0 bridgehead atoms. The summed E-state index contributed by atoms with van der Waals surface area (Å²) in [6.45, 7) is 2.54. The van der Waals surface area contributed by atoms with Gasteiger partial charge < -0.3 is 9.47 Å². The molecule has 1 rings (SSSR count). The summed E-state index contributed by atoms with van der Waals surface area (Å²) >= 11 is 0. The zero-order valence-electron chi connectivity index (χ0n) is 15.5. The van der Waals surface area contributed by atoms with E-state index in [2.05, 4.69) is 11.7 Å². The highest BCUT2D eigenvalue weighted by Crippen LogP contribution is 2.18. The number of unbranched alkanes of at least 4 members (excludes halogenated alkanes) is 9. The van der Waals surface area contributed by atoms with E-state index >= 15 is 0 Å². The van der Waals surface area contributed by atoms with Crippen molar-refractivity contribution in [2.75, 3.05) is 13.7 Å². The number of esters is 1. The van der Waals surface area contributed by atoms with Crippen LogP contribution in [-0.2, 0) is 23.9 Å². The largest absolute Gasteiger partial charge is 0.488 e. The molecule has 1 aliphatic rings. The fourth-order valence-corrected chi connectivity index (χ4v) is 2.75. The second-order valence-electron chi connectivity index (χ2n) is 6.29. The summed E-state index contributed by atoms with van der Waals surface area (Å²) < 4.78 is 9.99. The maximum atomic E-state index is 11.9. The van der Waals surface area contributed by atoms with Gasteiger partial charge >= 0.3 is 5.97 Å². The molecule has 0 amide bonds. The number of allylic oxidation sites excluding steroid dienone is 2. The molecule has 0 atom stereocenters. The molecule has 0 aliphatic heterocycles. The van der Waals surface area contributed by atoms with E-state index in [1.165, 1.54) is 52.1 Å². The summed E-state index contributed by atoms with van der Waals surface area (Å²) in [5.41, 5.74) is -0.304. The third-order valence-electron chi connectivity index (χ3n) is 4.22. The molecule has 5 nitrogen and oxygen atoms in total. The van der Waals surface area contributed by atoms with Crippen molar-refractivity contribution in [1.82, 2.24) is 0 Å². The number of rotatable bonds is 13. The van der Waals surface area contributed by atoms with E-state index in [-0.39, 0.29) is 11.3 Å². The molecular formula is C20H30O5. The van der Waals surface area contributed by atoms with Gasteiger partial charge in [-0.15, -0.1) is 0 Å². The number of hydrogen-bond donors (Lipinski definition) is 0. The highest BCUT2D eigenvalue weighted by molar-refractivity contribution is 6.30. The van der Waals surface area contributed by atoms with Gasteiger partial charge in [0.15, 0.2) is 17.1 Å². The van der Waals surface area contributed by atoms with Gasteiger partial charge in [-0.2, -0.15) is 0 Å². The van der Waals surface area contributed by atoms with E-state index in [1.807, 2.05) is 0 Å². The molecule has 0 N–H and O–H groups in total. The Morgan fingerprint density at radius 2 is 1.36 bits per heavy atom. The first kappa shape index (κ1) is 21.1. The predicted octanol–water partition coefficient (Wildman–Crippen LogP) is 4.06. The van der Waals surface area contributed by atoms with Crippen molar-refractivity contribution in [3.8, 4) is 0 Å². The van der Waals surface area contributed by atoms with Gasteiger partial charge in [-0.05, 0) is 18.6 Å². The minimum atomic E-state index is -0.833. The van der Waals surface area contributed by atoms with E-state index in [0.29, 0.717) is 6.61 Å². The smallest absolute Gasteiger partial charge is 0.345 e. The van der Waals surface area contributed by atoms with E-state index in [4.69, 9.17) is 4.74 Å². The lowest BCUT2D eigenvalue weighted by Gasteiger charge is -2.14. The fraction of sp³-hybridized carbons (Fsp3) is 0.650. The molecule has 0 spiro atoms. The number of hydrogen-bond acceptors (Lipinski definition) is 5. The van der Waals surface area contributed by atoms with Gasteiger partial charge in [-0.3, -0.25) is 9.59 Å². The first-order valence-corrected chi connectivity index (χ1v) is 9.34. The van der Waals surface area contributed by atoms with Crippen LogP contribution in [-0.4, -0.2) is 31.3 Å². The molecule has 0 radical (unpaired) electrons. The summed E-state index contributed by atoms with van der Waals surface area (Å²) in [5.74, 6) is -2.03. The third kappa shape index (κ3) is 7.67. The number of carbonyl (C=O) groups is 3. The Kier molecular flexibility index (Phi) is 10.5. The summed E-state index contributed by atoms with van der Waals surface area (Å²) in [6.07, 6.45) is 14.2. The molecule has 0 aromatic carbocycles. The van der Waals surface area contributed by atoms with Crippen molar-refractivity contribution >= 4 is 17.5 Å². The first-order chi connectivity index (χ1) is 12.1. The van der Waals surface area contributed by atoms with Crippen molar-refractivity contribution in [1.29, 1.82) is 0 Å². The zero-order valence-corrected chi connectivity index (χ0v) is 15.5. The molecule has 0 aromatic rings. The van der Waals surface area contributed by atoms with Crippen molar-refractivity contribution < 1.29 is 23.9 Å². The Bertz CT molecular complexity index is 516. The molecule has 0 unspecified atom stereocenters. The maximum Gasteiger partial charge on any atom is 0.345 e. The quantitative estimate of drug-likeness (QED) is 0.217. The van der Waals surface area contributed by atoms with Crippen LogP contribution in [0.4, 0.5) is 0 Å². The standard InChI is InChI=1S/C20H30O5/c1-3-4-5-6-7-8-9-10-11-12-15-25-19-17(22)14-13-16(21)18(19)20(23)24-2/h13-14H,3-12,15H2,1-2H3. The molecular weight excluding hydrogens is 320 g/mol.